The van der Waals surface area contributed by atoms with E-state index in [9.17, 15) is 4.39 Å². The second kappa shape index (κ2) is 12.7. The molecule has 0 spiro atoms. The molecule has 0 saturated carbocycles. The Bertz CT molecular complexity index is 825. The van der Waals surface area contributed by atoms with Crippen molar-refractivity contribution in [2.75, 3.05) is 31.1 Å². The predicted molar refractivity (Wildman–Crippen MR) is 135 cm³/mol. The zero-order valence-electron chi connectivity index (χ0n) is 18.5. The molecule has 1 saturated heterocycles. The molecule has 1 atom stereocenters. The third-order valence-electron chi connectivity index (χ3n) is 5.07. The van der Waals surface area contributed by atoms with Crippen molar-refractivity contribution in [3.63, 3.8) is 0 Å². The average molecular weight is 541 g/mol. The molecular formula is C23H33FIN5O. The minimum Gasteiger partial charge on any atom is -0.486 e. The fraction of sp³-hybridized carbons (Fsp3) is 0.478. The Morgan fingerprint density at radius 3 is 2.65 bits per heavy atom. The molecule has 1 aliphatic rings. The van der Waals surface area contributed by atoms with Crippen LogP contribution in [0.2, 0.25) is 0 Å². The molecule has 6 nitrogen and oxygen atoms in total. The first-order valence-electron chi connectivity index (χ1n) is 10.7. The lowest BCUT2D eigenvalue weighted by Gasteiger charge is -2.34. The highest BCUT2D eigenvalue weighted by Crippen LogP contribution is 2.19. The number of aryl methyl sites for hydroxylation is 1. The van der Waals surface area contributed by atoms with E-state index in [4.69, 9.17) is 4.74 Å². The van der Waals surface area contributed by atoms with Crippen molar-refractivity contribution in [1.82, 2.24) is 15.6 Å². The number of hydrogen-bond donors (Lipinski definition) is 2. The zero-order chi connectivity index (χ0) is 21.3. The lowest BCUT2D eigenvalue weighted by Crippen LogP contribution is -2.49. The lowest BCUT2D eigenvalue weighted by atomic mass is 10.1. The Hall–Kier alpha value is -2.10. The molecule has 170 valence electrons. The molecule has 0 bridgehead atoms. The first kappa shape index (κ1) is 25.2. The van der Waals surface area contributed by atoms with E-state index in [-0.39, 0.29) is 41.6 Å². The monoisotopic (exact) mass is 541 g/mol. The summed E-state index contributed by atoms with van der Waals surface area (Å²) in [6.07, 6.45) is 3.72. The highest BCUT2D eigenvalue weighted by atomic mass is 127. The number of rotatable bonds is 7. The van der Waals surface area contributed by atoms with E-state index in [1.807, 2.05) is 20.0 Å². The van der Waals surface area contributed by atoms with Gasteiger partial charge in [0, 0.05) is 31.9 Å². The van der Waals surface area contributed by atoms with Crippen molar-refractivity contribution in [2.24, 2.45) is 4.99 Å². The molecule has 2 heterocycles. The van der Waals surface area contributed by atoms with Gasteiger partial charge in [0.1, 0.15) is 11.9 Å². The Labute approximate surface area is 201 Å². The van der Waals surface area contributed by atoms with E-state index in [0.29, 0.717) is 12.6 Å². The molecule has 0 aliphatic carbocycles. The number of piperidine rings is 1. The molecule has 1 fully saturated rings. The van der Waals surface area contributed by atoms with Crippen molar-refractivity contribution >= 4 is 35.8 Å². The lowest BCUT2D eigenvalue weighted by molar-refractivity contribution is 0.220. The summed E-state index contributed by atoms with van der Waals surface area (Å²) in [5.41, 5.74) is 1.18. The van der Waals surface area contributed by atoms with Gasteiger partial charge in [0.15, 0.2) is 17.5 Å². The second-order valence-electron chi connectivity index (χ2n) is 7.68. The van der Waals surface area contributed by atoms with Crippen LogP contribution in [0.5, 0.6) is 5.75 Å². The average Bonchev–Trinajstić information content (AvgIpc) is 2.75. The number of halogens is 2. The first-order valence-corrected chi connectivity index (χ1v) is 10.7. The summed E-state index contributed by atoms with van der Waals surface area (Å²) >= 11 is 0. The molecule has 31 heavy (non-hydrogen) atoms. The molecule has 1 aromatic carbocycles. The Kier molecular flexibility index (Phi) is 10.3. The fourth-order valence-electron chi connectivity index (χ4n) is 3.43. The van der Waals surface area contributed by atoms with Gasteiger partial charge in [-0.1, -0.05) is 18.2 Å². The molecular weight excluding hydrogens is 508 g/mol. The summed E-state index contributed by atoms with van der Waals surface area (Å²) in [5.74, 6) is 1.72. The molecule has 1 unspecified atom stereocenters. The van der Waals surface area contributed by atoms with Crippen LogP contribution in [-0.4, -0.2) is 49.3 Å². The number of aromatic nitrogens is 1. The largest absolute Gasteiger partial charge is 0.486 e. The summed E-state index contributed by atoms with van der Waals surface area (Å²) in [5, 5.41) is 6.82. The number of benzene rings is 1. The van der Waals surface area contributed by atoms with E-state index < -0.39 is 0 Å². The van der Waals surface area contributed by atoms with Crippen LogP contribution in [0.1, 0.15) is 32.3 Å². The summed E-state index contributed by atoms with van der Waals surface area (Å²) in [7, 11) is 0. The molecule has 2 N–H and O–H groups in total. The van der Waals surface area contributed by atoms with Gasteiger partial charge in [-0.05, 0) is 57.4 Å². The summed E-state index contributed by atoms with van der Waals surface area (Å²) in [4.78, 5) is 11.5. The smallest absolute Gasteiger partial charge is 0.191 e. The maximum atomic E-state index is 13.8. The van der Waals surface area contributed by atoms with Gasteiger partial charge in [0.2, 0.25) is 0 Å². The van der Waals surface area contributed by atoms with Crippen LogP contribution >= 0.6 is 24.0 Å². The van der Waals surface area contributed by atoms with Gasteiger partial charge < -0.3 is 20.3 Å². The summed E-state index contributed by atoms with van der Waals surface area (Å²) < 4.78 is 19.4. The van der Waals surface area contributed by atoms with Crippen LogP contribution in [0.25, 0.3) is 0 Å². The number of guanidine groups is 1. The SMILES string of the molecule is CCNC(=NCC(C)Oc1ccccc1F)NC1CCN(c2ccc(C)cn2)CC1.I. The van der Waals surface area contributed by atoms with Crippen LogP contribution in [-0.2, 0) is 0 Å². The van der Waals surface area contributed by atoms with Gasteiger partial charge in [-0.3, -0.25) is 0 Å². The first-order chi connectivity index (χ1) is 14.5. The number of aliphatic imine (C=N–C) groups is 1. The van der Waals surface area contributed by atoms with Gasteiger partial charge in [0.25, 0.3) is 0 Å². The number of anilines is 1. The molecule has 8 heteroatoms. The molecule has 0 radical (unpaired) electrons. The highest BCUT2D eigenvalue weighted by Gasteiger charge is 2.21. The van der Waals surface area contributed by atoms with Crippen LogP contribution in [0.15, 0.2) is 47.6 Å². The number of hydrogen-bond acceptors (Lipinski definition) is 4. The summed E-state index contributed by atoms with van der Waals surface area (Å²) in [6, 6.07) is 11.0. The maximum absolute atomic E-state index is 13.8. The van der Waals surface area contributed by atoms with Gasteiger partial charge in [0.05, 0.1) is 6.54 Å². The van der Waals surface area contributed by atoms with Crippen molar-refractivity contribution in [2.45, 2.75) is 45.8 Å². The standard InChI is InChI=1S/C23H32FN5O.HI/c1-4-25-23(27-16-18(3)30-21-8-6-5-7-20(21)24)28-19-11-13-29(14-12-19)22-10-9-17(2)15-26-22;/h5-10,15,18-19H,4,11-14,16H2,1-3H3,(H2,25,27,28);1H. The Balaban J connectivity index is 0.00000341. The number of para-hydroxylation sites is 1. The van der Waals surface area contributed by atoms with Crippen LogP contribution < -0.4 is 20.3 Å². The highest BCUT2D eigenvalue weighted by molar-refractivity contribution is 14.0. The fourth-order valence-corrected chi connectivity index (χ4v) is 3.43. The minimum absolute atomic E-state index is 0. The Morgan fingerprint density at radius 2 is 2.00 bits per heavy atom. The maximum Gasteiger partial charge on any atom is 0.191 e. The third kappa shape index (κ3) is 7.83. The molecule has 3 rings (SSSR count). The van der Waals surface area contributed by atoms with Crippen LogP contribution in [0.3, 0.4) is 0 Å². The second-order valence-corrected chi connectivity index (χ2v) is 7.68. The van der Waals surface area contributed by atoms with Crippen molar-refractivity contribution in [3.05, 3.63) is 54.0 Å². The normalized spacial score (nSPS) is 15.7. The molecule has 1 aliphatic heterocycles. The minimum atomic E-state index is -0.354. The number of nitrogens with zero attached hydrogens (tertiary/aromatic N) is 3. The predicted octanol–water partition coefficient (Wildman–Crippen LogP) is 4.14. The number of pyridine rings is 1. The van der Waals surface area contributed by atoms with Crippen LogP contribution in [0.4, 0.5) is 10.2 Å². The number of ether oxygens (including phenoxy) is 1. The molecule has 2 aromatic rings. The quantitative estimate of drug-likeness (QED) is 0.314. The van der Waals surface area contributed by atoms with Crippen molar-refractivity contribution < 1.29 is 9.13 Å². The van der Waals surface area contributed by atoms with E-state index in [0.717, 1.165) is 44.3 Å². The van der Waals surface area contributed by atoms with E-state index in [2.05, 4.69) is 44.6 Å². The van der Waals surface area contributed by atoms with Gasteiger partial charge in [-0.2, -0.15) is 0 Å². The van der Waals surface area contributed by atoms with Crippen LogP contribution in [0, 0.1) is 12.7 Å². The third-order valence-corrected chi connectivity index (χ3v) is 5.07. The van der Waals surface area contributed by atoms with Gasteiger partial charge >= 0.3 is 0 Å². The zero-order valence-corrected chi connectivity index (χ0v) is 20.8. The van der Waals surface area contributed by atoms with Gasteiger partial charge in [-0.15, -0.1) is 24.0 Å². The Morgan fingerprint density at radius 1 is 1.26 bits per heavy atom. The van der Waals surface area contributed by atoms with Gasteiger partial charge in [-0.25, -0.2) is 14.4 Å². The topological polar surface area (TPSA) is 61.8 Å². The summed E-state index contributed by atoms with van der Waals surface area (Å²) in [6.45, 7) is 9.13. The van der Waals surface area contributed by atoms with E-state index in [1.54, 1.807) is 18.2 Å². The van der Waals surface area contributed by atoms with Crippen molar-refractivity contribution in [3.8, 4) is 5.75 Å². The van der Waals surface area contributed by atoms with Crippen molar-refractivity contribution in [1.29, 1.82) is 0 Å². The number of nitrogens with one attached hydrogen (secondary N) is 2. The molecule has 1 aromatic heterocycles. The molecule has 0 amide bonds. The van der Waals surface area contributed by atoms with E-state index >= 15 is 0 Å². The van der Waals surface area contributed by atoms with E-state index in [1.165, 1.54) is 11.6 Å².